The van der Waals surface area contributed by atoms with Crippen molar-refractivity contribution in [1.82, 2.24) is 5.32 Å². The van der Waals surface area contributed by atoms with Crippen molar-refractivity contribution in [2.75, 3.05) is 19.3 Å². The van der Waals surface area contributed by atoms with Gasteiger partial charge in [-0.15, -0.1) is 0 Å². The van der Waals surface area contributed by atoms with Crippen LogP contribution in [0.25, 0.3) is 0 Å². The minimum atomic E-state index is -0.0465. The van der Waals surface area contributed by atoms with Crippen molar-refractivity contribution in [2.24, 2.45) is 5.73 Å². The van der Waals surface area contributed by atoms with Crippen LogP contribution in [-0.2, 0) is 0 Å². The van der Waals surface area contributed by atoms with E-state index in [1.165, 1.54) is 0 Å². The van der Waals surface area contributed by atoms with Crippen molar-refractivity contribution in [3.63, 3.8) is 0 Å². The van der Waals surface area contributed by atoms with Crippen molar-refractivity contribution in [2.45, 2.75) is 19.1 Å². The highest BCUT2D eigenvalue weighted by atomic mass is 32.2. The molecule has 0 saturated heterocycles. The van der Waals surface area contributed by atoms with Gasteiger partial charge in [0.1, 0.15) is 0 Å². The van der Waals surface area contributed by atoms with E-state index in [9.17, 15) is 4.79 Å². The molecule has 0 bridgehead atoms. The fraction of sp³-hybridized carbons (Fsp3) is 0.400. The molecule has 0 aliphatic rings. The number of amides is 1. The maximum absolute atomic E-state index is 12.1. The Labute approximate surface area is 119 Å². The van der Waals surface area contributed by atoms with Crippen LogP contribution in [0.5, 0.6) is 0 Å². The summed E-state index contributed by atoms with van der Waals surface area (Å²) < 4.78 is 0. The average Bonchev–Trinajstić information content (AvgIpc) is 2.43. The predicted molar refractivity (Wildman–Crippen MR) is 82.4 cm³/mol. The molecule has 1 atom stereocenters. The van der Waals surface area contributed by atoms with Crippen molar-refractivity contribution >= 4 is 17.7 Å². The molecule has 0 radical (unpaired) electrons. The minimum absolute atomic E-state index is 0.0465. The van der Waals surface area contributed by atoms with Crippen LogP contribution in [0.1, 0.15) is 28.4 Å². The first-order chi connectivity index (χ1) is 9.10. The molecule has 0 saturated carbocycles. The van der Waals surface area contributed by atoms with Gasteiger partial charge in [-0.3, -0.25) is 4.79 Å². The molecule has 4 heteroatoms. The molecule has 102 valence electrons. The van der Waals surface area contributed by atoms with Crippen LogP contribution in [0.3, 0.4) is 0 Å². The molecule has 3 nitrogen and oxygen atoms in total. The second kappa shape index (κ2) is 7.88. The fourth-order valence-electron chi connectivity index (χ4n) is 1.58. The number of rotatable bonds is 4. The van der Waals surface area contributed by atoms with E-state index in [1.54, 1.807) is 11.8 Å². The van der Waals surface area contributed by atoms with E-state index in [0.29, 0.717) is 23.9 Å². The lowest BCUT2D eigenvalue weighted by atomic mass is 10.0. The summed E-state index contributed by atoms with van der Waals surface area (Å²) in [4.78, 5) is 12.1. The third-order valence-corrected chi connectivity index (χ3v) is 3.83. The van der Waals surface area contributed by atoms with Gasteiger partial charge in [0.2, 0.25) is 0 Å². The second-order valence-corrected chi connectivity index (χ2v) is 5.52. The normalized spacial score (nSPS) is 11.4. The van der Waals surface area contributed by atoms with Gasteiger partial charge in [-0.05, 0) is 30.9 Å². The number of hydrogen-bond donors (Lipinski definition) is 2. The molecule has 1 amide bonds. The monoisotopic (exact) mass is 276 g/mol. The SMILES string of the molecule is CSC(C)CNC(=O)c1cccc(C#CCN)c1C. The zero-order chi connectivity index (χ0) is 14.3. The zero-order valence-corrected chi connectivity index (χ0v) is 12.4. The highest BCUT2D eigenvalue weighted by Crippen LogP contribution is 2.13. The Morgan fingerprint density at radius 1 is 1.53 bits per heavy atom. The molecule has 3 N–H and O–H groups in total. The molecule has 0 heterocycles. The second-order valence-electron chi connectivity index (χ2n) is 4.24. The van der Waals surface area contributed by atoms with Crippen molar-refractivity contribution in [1.29, 1.82) is 0 Å². The highest BCUT2D eigenvalue weighted by molar-refractivity contribution is 7.99. The third kappa shape index (κ3) is 4.62. The molecule has 0 spiro atoms. The van der Waals surface area contributed by atoms with E-state index in [1.807, 2.05) is 31.4 Å². The summed E-state index contributed by atoms with van der Waals surface area (Å²) in [7, 11) is 0. The summed E-state index contributed by atoms with van der Waals surface area (Å²) in [5, 5.41) is 3.35. The molecule has 0 aromatic heterocycles. The molecule has 1 unspecified atom stereocenters. The maximum atomic E-state index is 12.1. The van der Waals surface area contributed by atoms with Crippen LogP contribution in [0.2, 0.25) is 0 Å². The van der Waals surface area contributed by atoms with Crippen molar-refractivity contribution in [3.8, 4) is 11.8 Å². The van der Waals surface area contributed by atoms with Gasteiger partial charge in [0.25, 0.3) is 5.91 Å². The van der Waals surface area contributed by atoms with Gasteiger partial charge in [0, 0.05) is 22.9 Å². The van der Waals surface area contributed by atoms with Crippen LogP contribution in [0.4, 0.5) is 0 Å². The van der Waals surface area contributed by atoms with E-state index in [-0.39, 0.29) is 5.91 Å². The highest BCUT2D eigenvalue weighted by Gasteiger charge is 2.11. The predicted octanol–water partition coefficient (Wildman–Crippen LogP) is 1.79. The molecule has 1 aromatic rings. The molecule has 0 fully saturated rings. The van der Waals surface area contributed by atoms with E-state index >= 15 is 0 Å². The van der Waals surface area contributed by atoms with Crippen molar-refractivity contribution in [3.05, 3.63) is 34.9 Å². The standard InChI is InChI=1S/C15H20N2OS/c1-11(19-3)10-17-15(18)14-8-4-6-13(12(14)2)7-5-9-16/h4,6,8,11H,9-10,16H2,1-3H3,(H,17,18). The largest absolute Gasteiger partial charge is 0.351 e. The van der Waals surface area contributed by atoms with E-state index in [2.05, 4.69) is 24.1 Å². The minimum Gasteiger partial charge on any atom is -0.351 e. The number of nitrogens with one attached hydrogen (secondary N) is 1. The molecular weight excluding hydrogens is 256 g/mol. The number of nitrogens with two attached hydrogens (primary N) is 1. The maximum Gasteiger partial charge on any atom is 0.251 e. The number of thioether (sulfide) groups is 1. The molecule has 1 aromatic carbocycles. The van der Waals surface area contributed by atoms with Gasteiger partial charge in [-0.2, -0.15) is 11.8 Å². The van der Waals surface area contributed by atoms with Crippen LogP contribution < -0.4 is 11.1 Å². The quantitative estimate of drug-likeness (QED) is 0.824. The summed E-state index contributed by atoms with van der Waals surface area (Å²) in [5.74, 6) is 5.75. The molecule has 0 aliphatic carbocycles. The number of hydrogen-bond acceptors (Lipinski definition) is 3. The van der Waals surface area contributed by atoms with E-state index < -0.39 is 0 Å². The first kappa shape index (κ1) is 15.6. The van der Waals surface area contributed by atoms with Crippen molar-refractivity contribution < 1.29 is 4.79 Å². The van der Waals surface area contributed by atoms with Gasteiger partial charge >= 0.3 is 0 Å². The molecule has 0 aliphatic heterocycles. The number of benzene rings is 1. The first-order valence-corrected chi connectivity index (χ1v) is 7.48. The van der Waals surface area contributed by atoms with Crippen LogP contribution in [0, 0.1) is 18.8 Å². The number of carbonyl (C=O) groups is 1. The lowest BCUT2D eigenvalue weighted by Gasteiger charge is -2.12. The van der Waals surface area contributed by atoms with E-state index in [4.69, 9.17) is 5.73 Å². The Morgan fingerprint density at radius 2 is 2.26 bits per heavy atom. The Kier molecular flexibility index (Phi) is 6.48. The lowest BCUT2D eigenvalue weighted by Crippen LogP contribution is -2.29. The summed E-state index contributed by atoms with van der Waals surface area (Å²) in [6.45, 7) is 4.98. The topological polar surface area (TPSA) is 55.1 Å². The lowest BCUT2D eigenvalue weighted by molar-refractivity contribution is 0.0953. The molecule has 19 heavy (non-hydrogen) atoms. The third-order valence-electron chi connectivity index (χ3n) is 2.86. The summed E-state index contributed by atoms with van der Waals surface area (Å²) >= 11 is 1.73. The Bertz CT molecular complexity index is 503. The molecule has 1 rings (SSSR count). The first-order valence-electron chi connectivity index (χ1n) is 6.19. The summed E-state index contributed by atoms with van der Waals surface area (Å²) in [6, 6.07) is 5.57. The Balaban J connectivity index is 2.86. The number of carbonyl (C=O) groups excluding carboxylic acids is 1. The molecular formula is C15H20N2OS. The smallest absolute Gasteiger partial charge is 0.251 e. The van der Waals surface area contributed by atoms with Crippen LogP contribution >= 0.6 is 11.8 Å². The summed E-state index contributed by atoms with van der Waals surface area (Å²) in [5.41, 5.74) is 7.80. The average molecular weight is 276 g/mol. The van der Waals surface area contributed by atoms with Gasteiger partial charge in [-0.1, -0.05) is 24.8 Å². The van der Waals surface area contributed by atoms with Gasteiger partial charge in [0.15, 0.2) is 0 Å². The fourth-order valence-corrected chi connectivity index (χ4v) is 1.83. The van der Waals surface area contributed by atoms with Crippen LogP contribution in [0.15, 0.2) is 18.2 Å². The van der Waals surface area contributed by atoms with Gasteiger partial charge < -0.3 is 11.1 Å². The van der Waals surface area contributed by atoms with E-state index in [0.717, 1.165) is 11.1 Å². The summed E-state index contributed by atoms with van der Waals surface area (Å²) in [6.07, 6.45) is 2.03. The Hall–Kier alpha value is -1.44. The van der Waals surface area contributed by atoms with Gasteiger partial charge in [0.05, 0.1) is 6.54 Å². The Morgan fingerprint density at radius 3 is 2.89 bits per heavy atom. The van der Waals surface area contributed by atoms with Crippen LogP contribution in [-0.4, -0.2) is 30.5 Å². The zero-order valence-electron chi connectivity index (χ0n) is 11.6. The van der Waals surface area contributed by atoms with Gasteiger partial charge in [-0.25, -0.2) is 0 Å².